The van der Waals surface area contributed by atoms with Crippen LogP contribution >= 0.6 is 0 Å². The summed E-state index contributed by atoms with van der Waals surface area (Å²) in [6.45, 7) is 0. The zero-order valence-corrected chi connectivity index (χ0v) is 12.9. The third kappa shape index (κ3) is 2.81. The minimum absolute atomic E-state index is 0.0375. The first-order chi connectivity index (χ1) is 12.4. The number of aromatic amines is 1. The number of halogens is 3. The Morgan fingerprint density at radius 3 is 2.27 bits per heavy atom. The largest absolute Gasteiger partial charge is 0.508 e. The summed E-state index contributed by atoms with van der Waals surface area (Å²) < 4.78 is 40.4. The van der Waals surface area contributed by atoms with Crippen molar-refractivity contribution in [3.05, 3.63) is 48.2 Å². The van der Waals surface area contributed by atoms with Gasteiger partial charge in [-0.2, -0.15) is 18.4 Å². The highest BCUT2D eigenvalue weighted by molar-refractivity contribution is 5.80. The van der Waals surface area contributed by atoms with Gasteiger partial charge in [0.25, 0.3) is 0 Å². The summed E-state index contributed by atoms with van der Waals surface area (Å²) in [5.74, 6) is 0.143. The average Bonchev–Trinajstić information content (AvgIpc) is 3.14. The van der Waals surface area contributed by atoms with E-state index in [1.807, 2.05) is 0 Å². The summed E-state index contributed by atoms with van der Waals surface area (Å²) in [6.07, 6.45) is -4.70. The molecular weight excluding hydrogens is 349 g/mol. The molecule has 10 heteroatoms. The van der Waals surface area contributed by atoms with Gasteiger partial charge in [-0.15, -0.1) is 10.2 Å². The van der Waals surface area contributed by atoms with Crippen molar-refractivity contribution in [2.45, 2.75) is 6.18 Å². The molecule has 2 aromatic carbocycles. The van der Waals surface area contributed by atoms with Crippen LogP contribution in [0.5, 0.6) is 5.75 Å². The molecule has 2 aromatic heterocycles. The van der Waals surface area contributed by atoms with E-state index in [9.17, 15) is 18.3 Å². The van der Waals surface area contributed by atoms with Crippen LogP contribution < -0.4 is 0 Å². The Balaban J connectivity index is 1.88. The number of tetrazole rings is 1. The van der Waals surface area contributed by atoms with E-state index in [-0.39, 0.29) is 28.0 Å². The first kappa shape index (κ1) is 15.9. The topological polar surface area (TPSA) is 100 Å². The van der Waals surface area contributed by atoms with E-state index in [1.165, 1.54) is 24.3 Å². The van der Waals surface area contributed by atoms with Gasteiger partial charge in [0.2, 0.25) is 5.82 Å². The fraction of sp³-hybridized carbons (Fsp3) is 0.0625. The minimum Gasteiger partial charge on any atom is -0.508 e. The fourth-order valence-electron chi connectivity index (χ4n) is 2.50. The zero-order valence-electron chi connectivity index (χ0n) is 12.9. The van der Waals surface area contributed by atoms with Crippen molar-refractivity contribution in [1.82, 2.24) is 30.6 Å². The molecule has 0 aliphatic heterocycles. The van der Waals surface area contributed by atoms with Gasteiger partial charge >= 0.3 is 6.18 Å². The van der Waals surface area contributed by atoms with Gasteiger partial charge in [0, 0.05) is 17.2 Å². The number of H-pyrrole nitrogens is 1. The Hall–Kier alpha value is -3.56. The van der Waals surface area contributed by atoms with Crippen LogP contribution in [0.1, 0.15) is 5.69 Å². The number of aromatic hydroxyl groups is 1. The van der Waals surface area contributed by atoms with Crippen LogP contribution in [0.3, 0.4) is 0 Å². The fourth-order valence-corrected chi connectivity index (χ4v) is 2.50. The van der Waals surface area contributed by atoms with E-state index in [4.69, 9.17) is 0 Å². The Morgan fingerprint density at radius 1 is 0.885 bits per heavy atom. The second-order valence-corrected chi connectivity index (χ2v) is 5.40. The Labute approximate surface area is 143 Å². The molecule has 0 unspecified atom stereocenters. The third-order valence-electron chi connectivity index (χ3n) is 3.68. The number of benzene rings is 2. The van der Waals surface area contributed by atoms with Crippen LogP contribution in [0.4, 0.5) is 13.2 Å². The quantitative estimate of drug-likeness (QED) is 0.571. The molecule has 130 valence electrons. The molecule has 7 nitrogen and oxygen atoms in total. The van der Waals surface area contributed by atoms with Gasteiger partial charge in [-0.25, -0.2) is 9.97 Å². The van der Waals surface area contributed by atoms with E-state index >= 15 is 0 Å². The SMILES string of the molecule is Oc1ccc2nc(-c3ccc(-c4nn[nH]n4)cc3)c(C(F)(F)F)nc2c1. The molecule has 0 radical (unpaired) electrons. The van der Waals surface area contributed by atoms with Crippen molar-refractivity contribution < 1.29 is 18.3 Å². The molecule has 0 fully saturated rings. The molecule has 0 bridgehead atoms. The molecular formula is C16H9F3N6O. The predicted octanol–water partition coefficient (Wildman–Crippen LogP) is 3.20. The molecule has 0 amide bonds. The lowest BCUT2D eigenvalue weighted by atomic mass is 10.1. The summed E-state index contributed by atoms with van der Waals surface area (Å²) in [6, 6.07) is 10.0. The zero-order chi connectivity index (χ0) is 18.3. The second-order valence-electron chi connectivity index (χ2n) is 5.40. The lowest BCUT2D eigenvalue weighted by Crippen LogP contribution is -2.12. The first-order valence-electron chi connectivity index (χ1n) is 7.34. The van der Waals surface area contributed by atoms with Crippen LogP contribution in [-0.4, -0.2) is 35.7 Å². The molecule has 2 heterocycles. The van der Waals surface area contributed by atoms with Crippen LogP contribution in [0.15, 0.2) is 42.5 Å². The van der Waals surface area contributed by atoms with Crippen molar-refractivity contribution in [1.29, 1.82) is 0 Å². The molecule has 4 aromatic rings. The summed E-state index contributed by atoms with van der Waals surface area (Å²) in [7, 11) is 0. The van der Waals surface area contributed by atoms with Crippen LogP contribution in [-0.2, 0) is 6.18 Å². The number of rotatable bonds is 2. The maximum absolute atomic E-state index is 13.5. The Bertz CT molecular complexity index is 1080. The number of hydrogen-bond acceptors (Lipinski definition) is 6. The highest BCUT2D eigenvalue weighted by Gasteiger charge is 2.37. The number of aromatic nitrogens is 6. The van der Waals surface area contributed by atoms with Gasteiger partial charge in [-0.3, -0.25) is 0 Å². The van der Waals surface area contributed by atoms with E-state index in [0.717, 1.165) is 6.07 Å². The van der Waals surface area contributed by atoms with Crippen molar-refractivity contribution in [3.63, 3.8) is 0 Å². The van der Waals surface area contributed by atoms with Crippen LogP contribution in [0, 0.1) is 0 Å². The summed E-state index contributed by atoms with van der Waals surface area (Å²) >= 11 is 0. The van der Waals surface area contributed by atoms with E-state index in [2.05, 4.69) is 30.6 Å². The number of nitrogens with one attached hydrogen (secondary N) is 1. The van der Waals surface area contributed by atoms with E-state index < -0.39 is 11.9 Å². The number of alkyl halides is 3. The van der Waals surface area contributed by atoms with Gasteiger partial charge in [-0.1, -0.05) is 24.3 Å². The van der Waals surface area contributed by atoms with E-state index in [0.29, 0.717) is 11.4 Å². The van der Waals surface area contributed by atoms with Crippen LogP contribution in [0.2, 0.25) is 0 Å². The normalized spacial score (nSPS) is 11.8. The number of nitrogens with zero attached hydrogens (tertiary/aromatic N) is 5. The number of fused-ring (bicyclic) bond motifs is 1. The maximum Gasteiger partial charge on any atom is 0.435 e. The molecule has 0 aliphatic carbocycles. The number of phenols is 1. The number of phenolic OH excluding ortho intramolecular Hbond substituents is 1. The van der Waals surface area contributed by atoms with Crippen LogP contribution in [0.25, 0.3) is 33.7 Å². The molecule has 2 N–H and O–H groups in total. The van der Waals surface area contributed by atoms with Gasteiger partial charge in [-0.05, 0) is 17.3 Å². The standard InChI is InChI=1S/C16H9F3N6O/c17-16(18,19)14-13(20-11-6-5-10(26)7-12(11)21-14)8-1-3-9(4-2-8)15-22-24-25-23-15/h1-7,26H,(H,22,23,24,25). The van der Waals surface area contributed by atoms with Crippen molar-refractivity contribution in [2.24, 2.45) is 0 Å². The summed E-state index contributed by atoms with van der Waals surface area (Å²) in [4.78, 5) is 7.77. The van der Waals surface area contributed by atoms with Crippen molar-refractivity contribution >= 4 is 11.0 Å². The molecule has 26 heavy (non-hydrogen) atoms. The Morgan fingerprint density at radius 2 is 1.62 bits per heavy atom. The molecule has 0 aliphatic rings. The summed E-state index contributed by atoms with van der Waals surface area (Å²) in [5, 5.41) is 22.8. The molecule has 0 spiro atoms. The minimum atomic E-state index is -4.70. The lowest BCUT2D eigenvalue weighted by molar-refractivity contribution is -0.140. The van der Waals surface area contributed by atoms with Gasteiger partial charge < -0.3 is 5.11 Å². The summed E-state index contributed by atoms with van der Waals surface area (Å²) in [5.41, 5.74) is -0.377. The van der Waals surface area contributed by atoms with Gasteiger partial charge in [0.05, 0.1) is 11.0 Å². The lowest BCUT2D eigenvalue weighted by Gasteiger charge is -2.13. The van der Waals surface area contributed by atoms with Crippen molar-refractivity contribution in [2.75, 3.05) is 0 Å². The third-order valence-corrected chi connectivity index (χ3v) is 3.68. The molecule has 0 saturated heterocycles. The molecule has 4 rings (SSSR count). The highest BCUT2D eigenvalue weighted by atomic mass is 19.4. The second kappa shape index (κ2) is 5.76. The highest BCUT2D eigenvalue weighted by Crippen LogP contribution is 2.36. The van der Waals surface area contributed by atoms with Crippen molar-refractivity contribution in [3.8, 4) is 28.4 Å². The average molecular weight is 358 g/mol. The first-order valence-corrected chi connectivity index (χ1v) is 7.34. The maximum atomic E-state index is 13.5. The smallest absolute Gasteiger partial charge is 0.435 e. The molecule has 0 saturated carbocycles. The van der Waals surface area contributed by atoms with Gasteiger partial charge in [0.15, 0.2) is 5.69 Å². The molecule has 0 atom stereocenters. The van der Waals surface area contributed by atoms with Gasteiger partial charge in [0.1, 0.15) is 11.4 Å². The number of hydrogen-bond donors (Lipinski definition) is 2. The Kier molecular flexibility index (Phi) is 3.53. The van der Waals surface area contributed by atoms with E-state index in [1.54, 1.807) is 12.1 Å². The predicted molar refractivity (Wildman–Crippen MR) is 84.8 cm³/mol. The monoisotopic (exact) mass is 358 g/mol.